The Bertz CT molecular complexity index is 838. The highest BCUT2D eigenvalue weighted by Gasteiger charge is 2.64. The van der Waals surface area contributed by atoms with Gasteiger partial charge in [-0.3, -0.25) is 4.79 Å². The number of hydrogen-bond donors (Lipinski definition) is 0. The minimum absolute atomic E-state index is 0.106. The second-order valence-corrected chi connectivity index (χ2v) is 13.9. The van der Waals surface area contributed by atoms with E-state index in [4.69, 9.17) is 4.74 Å². The zero-order valence-corrected chi connectivity index (χ0v) is 23.5. The Balaban J connectivity index is 1.56. The minimum Gasteiger partial charge on any atom is -0.462 e. The second-order valence-electron chi connectivity index (χ2n) is 13.9. The van der Waals surface area contributed by atoms with Gasteiger partial charge in [0.25, 0.3) is 0 Å². The van der Waals surface area contributed by atoms with Crippen LogP contribution in [-0.2, 0) is 9.53 Å². The summed E-state index contributed by atoms with van der Waals surface area (Å²) >= 11 is 0. The maximum Gasteiger partial charge on any atom is 0.302 e. The summed E-state index contributed by atoms with van der Waals surface area (Å²) in [6.07, 6.45) is 14.2. The van der Waals surface area contributed by atoms with E-state index >= 15 is 0 Å². The number of rotatable bonds is 6. The van der Waals surface area contributed by atoms with Crippen LogP contribution in [0.3, 0.4) is 0 Å². The first-order chi connectivity index (χ1) is 15.8. The third-order valence-electron chi connectivity index (χ3n) is 12.1. The Kier molecular flexibility index (Phi) is 6.98. The van der Waals surface area contributed by atoms with E-state index in [1.165, 1.54) is 56.9 Å². The van der Waals surface area contributed by atoms with Gasteiger partial charge in [0.1, 0.15) is 6.10 Å². The lowest BCUT2D eigenvalue weighted by Crippen LogP contribution is -2.55. The van der Waals surface area contributed by atoms with Gasteiger partial charge in [0.2, 0.25) is 0 Å². The smallest absolute Gasteiger partial charge is 0.302 e. The van der Waals surface area contributed by atoms with Gasteiger partial charge in [-0.2, -0.15) is 0 Å². The van der Waals surface area contributed by atoms with Crippen LogP contribution in [0.15, 0.2) is 23.8 Å². The van der Waals surface area contributed by atoms with Crippen molar-refractivity contribution in [3.05, 3.63) is 23.8 Å². The molecule has 0 unspecified atom stereocenters. The molecule has 0 bridgehead atoms. The van der Waals surface area contributed by atoms with E-state index < -0.39 is 0 Å². The average molecular weight is 469 g/mol. The number of ether oxygens (including phenoxy) is 1. The molecule has 3 saturated carbocycles. The number of allylic oxidation sites excluding steroid dienone is 3. The first-order valence-electron chi connectivity index (χ1n) is 14.4. The van der Waals surface area contributed by atoms with E-state index in [1.807, 2.05) is 0 Å². The number of carbonyl (C=O) groups is 1. The molecular weight excluding hydrogens is 416 g/mol. The van der Waals surface area contributed by atoms with Gasteiger partial charge in [-0.25, -0.2) is 0 Å². The lowest BCUT2D eigenvalue weighted by Gasteiger charge is -2.62. The van der Waals surface area contributed by atoms with Crippen LogP contribution in [0.2, 0.25) is 0 Å². The van der Waals surface area contributed by atoms with Crippen LogP contribution < -0.4 is 0 Å². The summed E-state index contributed by atoms with van der Waals surface area (Å²) in [6, 6.07) is 0. The molecule has 192 valence electrons. The average Bonchev–Trinajstić information content (AvgIpc) is 3.05. The monoisotopic (exact) mass is 468 g/mol. The Morgan fingerprint density at radius 2 is 1.79 bits per heavy atom. The molecule has 0 aromatic carbocycles. The van der Waals surface area contributed by atoms with E-state index in [0.717, 1.165) is 24.2 Å². The Morgan fingerprint density at radius 3 is 2.44 bits per heavy atom. The SMILES string of the molecule is C=C(CC[C@@H](C)[C@H]1CC[C@@]2(C)[C@@H]3CC[C@H]4[C@H](C)[C@@H](OC(C)=O)CC[C@]4(C)C3=CC[C@]12C)C(C)C. The largest absolute Gasteiger partial charge is 0.462 e. The minimum atomic E-state index is -0.114. The van der Waals surface area contributed by atoms with Crippen molar-refractivity contribution in [2.75, 3.05) is 0 Å². The standard InChI is InChI=1S/C32H52O2/c1-20(2)21(3)10-11-22(4)25-14-18-32(9)28-13-12-26-23(5)29(34-24(6)33)16-17-30(26,7)27(28)15-19-31(25,32)8/h15,20,22-23,25-26,28-29H,3,10-14,16-19H2,1-2,4-9H3/t22-,23+,25-,26+,28-,29+,30+,31-,32+/m1/s1. The number of fused-ring (bicyclic) bond motifs is 5. The summed E-state index contributed by atoms with van der Waals surface area (Å²) < 4.78 is 5.77. The normalized spacial score (nSPS) is 44.5. The Labute approximate surface area is 210 Å². The van der Waals surface area contributed by atoms with Crippen molar-refractivity contribution in [1.82, 2.24) is 0 Å². The fourth-order valence-corrected chi connectivity index (χ4v) is 9.56. The molecule has 0 radical (unpaired) electrons. The van der Waals surface area contributed by atoms with E-state index in [2.05, 4.69) is 61.1 Å². The van der Waals surface area contributed by atoms with Crippen molar-refractivity contribution < 1.29 is 9.53 Å². The molecule has 0 aromatic rings. The molecular formula is C32H52O2. The van der Waals surface area contributed by atoms with Gasteiger partial charge in [0.05, 0.1) is 0 Å². The summed E-state index contributed by atoms with van der Waals surface area (Å²) in [5, 5.41) is 0. The molecule has 4 rings (SSSR count). The highest BCUT2D eigenvalue weighted by atomic mass is 16.5. The molecule has 3 fully saturated rings. The number of hydrogen-bond acceptors (Lipinski definition) is 2. The Morgan fingerprint density at radius 1 is 1.09 bits per heavy atom. The van der Waals surface area contributed by atoms with E-state index in [-0.39, 0.29) is 17.5 Å². The first kappa shape index (κ1) is 26.0. The van der Waals surface area contributed by atoms with Crippen molar-refractivity contribution in [3.8, 4) is 0 Å². The van der Waals surface area contributed by atoms with Crippen molar-refractivity contribution in [2.24, 2.45) is 51.8 Å². The van der Waals surface area contributed by atoms with Crippen LogP contribution in [0, 0.1) is 51.8 Å². The van der Waals surface area contributed by atoms with Gasteiger partial charge in [-0.15, -0.1) is 0 Å². The second kappa shape index (κ2) is 9.11. The molecule has 0 aliphatic heterocycles. The van der Waals surface area contributed by atoms with Gasteiger partial charge in [0.15, 0.2) is 0 Å². The molecule has 4 aliphatic carbocycles. The molecule has 0 aromatic heterocycles. The molecule has 0 saturated heterocycles. The van der Waals surface area contributed by atoms with Crippen molar-refractivity contribution in [2.45, 2.75) is 119 Å². The summed E-state index contributed by atoms with van der Waals surface area (Å²) in [6.45, 7) is 23.3. The topological polar surface area (TPSA) is 26.3 Å². The fourth-order valence-electron chi connectivity index (χ4n) is 9.56. The van der Waals surface area contributed by atoms with Gasteiger partial charge in [0, 0.05) is 6.92 Å². The van der Waals surface area contributed by atoms with Crippen LogP contribution in [0.25, 0.3) is 0 Å². The van der Waals surface area contributed by atoms with Crippen LogP contribution >= 0.6 is 0 Å². The fraction of sp³-hybridized carbons (Fsp3) is 0.844. The van der Waals surface area contributed by atoms with Crippen LogP contribution in [0.5, 0.6) is 0 Å². The highest BCUT2D eigenvalue weighted by Crippen LogP contribution is 2.72. The third-order valence-corrected chi connectivity index (χ3v) is 12.1. The van der Waals surface area contributed by atoms with E-state index in [0.29, 0.717) is 28.6 Å². The maximum atomic E-state index is 11.7. The summed E-state index contributed by atoms with van der Waals surface area (Å²) in [7, 11) is 0. The third kappa shape index (κ3) is 3.94. The van der Waals surface area contributed by atoms with Gasteiger partial charge < -0.3 is 4.74 Å². The quantitative estimate of drug-likeness (QED) is 0.288. The van der Waals surface area contributed by atoms with Gasteiger partial charge in [-0.05, 0) is 110 Å². The van der Waals surface area contributed by atoms with Crippen molar-refractivity contribution >= 4 is 5.97 Å². The van der Waals surface area contributed by atoms with Crippen molar-refractivity contribution in [1.29, 1.82) is 0 Å². The summed E-state index contributed by atoms with van der Waals surface area (Å²) in [5.41, 5.74) is 4.31. The molecule has 4 aliphatic rings. The lowest BCUT2D eigenvalue weighted by atomic mass is 9.43. The molecule has 0 N–H and O–H groups in total. The highest BCUT2D eigenvalue weighted by molar-refractivity contribution is 5.66. The van der Waals surface area contributed by atoms with Crippen molar-refractivity contribution in [3.63, 3.8) is 0 Å². The first-order valence-corrected chi connectivity index (χ1v) is 14.4. The predicted molar refractivity (Wildman–Crippen MR) is 142 cm³/mol. The van der Waals surface area contributed by atoms with Gasteiger partial charge >= 0.3 is 5.97 Å². The Hall–Kier alpha value is -1.05. The molecule has 2 heteroatoms. The molecule has 0 amide bonds. The molecule has 0 heterocycles. The maximum absolute atomic E-state index is 11.7. The van der Waals surface area contributed by atoms with Crippen LogP contribution in [0.1, 0.15) is 113 Å². The molecule has 9 atom stereocenters. The van der Waals surface area contributed by atoms with E-state index in [1.54, 1.807) is 12.5 Å². The number of carbonyl (C=O) groups excluding carboxylic acids is 1. The van der Waals surface area contributed by atoms with Gasteiger partial charge in [-0.1, -0.05) is 72.3 Å². The zero-order chi connectivity index (χ0) is 25.1. The van der Waals surface area contributed by atoms with Crippen LogP contribution in [0.4, 0.5) is 0 Å². The van der Waals surface area contributed by atoms with Crippen LogP contribution in [-0.4, -0.2) is 12.1 Å². The number of esters is 1. The predicted octanol–water partition coefficient (Wildman–Crippen LogP) is 8.76. The molecule has 34 heavy (non-hydrogen) atoms. The zero-order valence-electron chi connectivity index (χ0n) is 23.5. The summed E-state index contributed by atoms with van der Waals surface area (Å²) in [4.78, 5) is 11.7. The molecule has 2 nitrogen and oxygen atoms in total. The summed E-state index contributed by atoms with van der Waals surface area (Å²) in [5.74, 6) is 3.90. The molecule has 0 spiro atoms. The lowest BCUT2D eigenvalue weighted by molar-refractivity contribution is -0.157. The van der Waals surface area contributed by atoms with E-state index in [9.17, 15) is 4.79 Å².